The summed E-state index contributed by atoms with van der Waals surface area (Å²) in [6, 6.07) is 36.2. The zero-order valence-electron chi connectivity index (χ0n) is 25.0. The smallest absolute Gasteiger partial charge is 0.311 e. The number of halogens is 3. The number of anilines is 6. The zero-order valence-corrected chi connectivity index (χ0v) is 25.8. The molecule has 3 aliphatic rings. The maximum Gasteiger partial charge on any atom is 0.416 e. The van der Waals surface area contributed by atoms with Gasteiger partial charge in [-0.1, -0.05) is 61.7 Å². The molecule has 0 amide bonds. The lowest BCUT2D eigenvalue weighted by molar-refractivity contribution is -0.137. The fourth-order valence-corrected chi connectivity index (χ4v) is 8.11. The van der Waals surface area contributed by atoms with Crippen molar-refractivity contribution in [2.24, 2.45) is 0 Å². The summed E-state index contributed by atoms with van der Waals surface area (Å²) < 4.78 is 40.9. The molecule has 1 fully saturated rings. The molecule has 5 aromatic carbocycles. The van der Waals surface area contributed by atoms with E-state index in [1.54, 1.807) is 23.9 Å². The van der Waals surface area contributed by atoms with Gasteiger partial charge in [-0.05, 0) is 114 Å². The molecule has 7 heteroatoms. The largest absolute Gasteiger partial charge is 0.416 e. The fraction of sp³-hybridized carbons (Fsp3) is 0.211. The van der Waals surface area contributed by atoms with Gasteiger partial charge in [0.05, 0.1) is 5.56 Å². The Balaban J connectivity index is 1.44. The van der Waals surface area contributed by atoms with Gasteiger partial charge in [-0.3, -0.25) is 0 Å². The molecule has 224 valence electrons. The Morgan fingerprint density at radius 3 is 1.96 bits per heavy atom. The second kappa shape index (κ2) is 11.1. The first-order valence-corrected chi connectivity index (χ1v) is 16.9. The van der Waals surface area contributed by atoms with Crippen molar-refractivity contribution >= 4 is 69.0 Å². The van der Waals surface area contributed by atoms with E-state index in [1.165, 1.54) is 58.5 Å². The van der Waals surface area contributed by atoms with E-state index in [2.05, 4.69) is 88.9 Å². The number of rotatable bonds is 4. The number of nitrogens with zero attached hydrogens (tertiary/aromatic N) is 2. The monoisotopic (exact) mass is 616 g/mol. The van der Waals surface area contributed by atoms with Crippen LogP contribution in [0.5, 0.6) is 0 Å². The van der Waals surface area contributed by atoms with Gasteiger partial charge < -0.3 is 9.80 Å². The van der Waals surface area contributed by atoms with E-state index in [0.717, 1.165) is 46.7 Å². The maximum absolute atomic E-state index is 13.6. The number of alkyl halides is 3. The first kappa shape index (κ1) is 28.4. The molecular weight excluding hydrogens is 584 g/mol. The van der Waals surface area contributed by atoms with Crippen LogP contribution in [0.25, 0.3) is 0 Å². The van der Waals surface area contributed by atoms with E-state index in [1.807, 2.05) is 12.1 Å². The van der Waals surface area contributed by atoms with Gasteiger partial charge in [-0.2, -0.15) is 13.2 Å². The summed E-state index contributed by atoms with van der Waals surface area (Å²) in [5.41, 5.74) is 10.5. The van der Waals surface area contributed by atoms with Crippen LogP contribution in [0.15, 0.2) is 114 Å². The zero-order chi connectivity index (χ0) is 30.7. The van der Waals surface area contributed by atoms with Crippen molar-refractivity contribution in [1.82, 2.24) is 0 Å². The lowest BCUT2D eigenvalue weighted by Crippen LogP contribution is -2.61. The normalized spacial score (nSPS) is 15.9. The topological polar surface area (TPSA) is 6.48 Å². The van der Waals surface area contributed by atoms with Crippen molar-refractivity contribution in [1.29, 1.82) is 0 Å². The van der Waals surface area contributed by atoms with Crippen molar-refractivity contribution < 1.29 is 13.2 Å². The average Bonchev–Trinajstić information content (AvgIpc) is 3.08. The minimum absolute atomic E-state index is 0.0110. The predicted molar refractivity (Wildman–Crippen MR) is 183 cm³/mol. The molecule has 2 heterocycles. The molecule has 0 N–H and O–H groups in total. The van der Waals surface area contributed by atoms with Gasteiger partial charge in [-0.15, -0.1) is 11.8 Å². The molecule has 2 nitrogen and oxygen atoms in total. The molecule has 0 atom stereocenters. The summed E-state index contributed by atoms with van der Waals surface area (Å²) in [5, 5.41) is 0. The van der Waals surface area contributed by atoms with Crippen LogP contribution in [-0.2, 0) is 6.18 Å². The molecule has 0 saturated heterocycles. The van der Waals surface area contributed by atoms with Crippen LogP contribution in [0.1, 0.15) is 49.1 Å². The highest BCUT2D eigenvalue weighted by Gasteiger charge is 2.44. The van der Waals surface area contributed by atoms with E-state index >= 15 is 0 Å². The number of hydrogen-bond acceptors (Lipinski definition) is 3. The SMILES string of the molecule is CSc1ccc2c(c1)N(c1ccccc1)c1cc(C3CCCCC3)cc3c1B2c1ccccc1N3c1ccc(C(F)(F)F)cc1. The van der Waals surface area contributed by atoms with Crippen LogP contribution in [0, 0.1) is 0 Å². The van der Waals surface area contributed by atoms with Crippen molar-refractivity contribution in [3.63, 3.8) is 0 Å². The third kappa shape index (κ3) is 4.75. The Bertz CT molecular complexity index is 1880. The van der Waals surface area contributed by atoms with Gasteiger partial charge in [0.25, 0.3) is 6.71 Å². The molecule has 5 aromatic rings. The van der Waals surface area contributed by atoms with Crippen molar-refractivity contribution in [3.05, 3.63) is 120 Å². The van der Waals surface area contributed by atoms with E-state index in [-0.39, 0.29) is 6.71 Å². The molecule has 1 saturated carbocycles. The van der Waals surface area contributed by atoms with Crippen molar-refractivity contribution in [2.75, 3.05) is 16.1 Å². The fourth-order valence-electron chi connectivity index (χ4n) is 7.68. The lowest BCUT2D eigenvalue weighted by atomic mass is 9.33. The molecule has 0 unspecified atom stereocenters. The Morgan fingerprint density at radius 1 is 0.644 bits per heavy atom. The summed E-state index contributed by atoms with van der Waals surface area (Å²) in [6.07, 6.45) is 3.72. The molecule has 0 spiro atoms. The Kier molecular flexibility index (Phi) is 6.98. The van der Waals surface area contributed by atoms with E-state index in [9.17, 15) is 13.2 Å². The van der Waals surface area contributed by atoms with Crippen LogP contribution < -0.4 is 26.2 Å². The summed E-state index contributed by atoms with van der Waals surface area (Å²) in [5.74, 6) is 0.446. The molecule has 0 radical (unpaired) electrons. The predicted octanol–water partition coefficient (Wildman–Crippen LogP) is 9.56. The molecule has 0 aromatic heterocycles. The number of para-hydroxylation sites is 2. The highest BCUT2D eigenvalue weighted by Crippen LogP contribution is 2.47. The van der Waals surface area contributed by atoms with Crippen molar-refractivity contribution in [3.8, 4) is 0 Å². The molecule has 1 aliphatic carbocycles. The van der Waals surface area contributed by atoms with Gasteiger partial charge >= 0.3 is 6.18 Å². The minimum atomic E-state index is -4.39. The molecule has 45 heavy (non-hydrogen) atoms. The second-order valence-electron chi connectivity index (χ2n) is 12.3. The second-order valence-corrected chi connectivity index (χ2v) is 13.2. The van der Waals surface area contributed by atoms with Crippen LogP contribution in [0.2, 0.25) is 0 Å². The van der Waals surface area contributed by atoms with Crippen LogP contribution in [0.4, 0.5) is 47.3 Å². The summed E-state index contributed by atoms with van der Waals surface area (Å²) in [7, 11) is 0. The van der Waals surface area contributed by atoms with Crippen LogP contribution in [-0.4, -0.2) is 13.0 Å². The molecule has 0 bridgehead atoms. The number of fused-ring (bicyclic) bond motifs is 4. The summed E-state index contributed by atoms with van der Waals surface area (Å²) in [4.78, 5) is 5.81. The minimum Gasteiger partial charge on any atom is -0.311 e. The van der Waals surface area contributed by atoms with Gasteiger partial charge in [0.2, 0.25) is 0 Å². The third-order valence-electron chi connectivity index (χ3n) is 9.75. The Hall–Kier alpha value is -4.10. The summed E-state index contributed by atoms with van der Waals surface area (Å²) >= 11 is 1.74. The quantitative estimate of drug-likeness (QED) is 0.144. The number of thioether (sulfide) groups is 1. The van der Waals surface area contributed by atoms with Gasteiger partial charge in [0, 0.05) is 39.0 Å². The number of benzene rings is 5. The highest BCUT2D eigenvalue weighted by molar-refractivity contribution is 7.98. The third-order valence-corrected chi connectivity index (χ3v) is 10.5. The molecule has 8 rings (SSSR count). The van der Waals surface area contributed by atoms with E-state index in [4.69, 9.17) is 0 Å². The highest BCUT2D eigenvalue weighted by atomic mass is 32.2. The maximum atomic E-state index is 13.6. The van der Waals surface area contributed by atoms with Gasteiger partial charge in [0.1, 0.15) is 0 Å². The molecule has 2 aliphatic heterocycles. The standard InChI is InChI=1S/C38H32BF3N2S/c1-45-30-20-21-32-34(24-30)44(28-12-6-3-7-13-28)36-23-26(25-10-4-2-5-11-25)22-35-37(36)39(32)31-14-8-9-15-33(31)43(35)29-18-16-27(17-19-29)38(40,41)42/h3,6-9,12-25H,2,4-5,10-11H2,1H3. The van der Waals surface area contributed by atoms with Gasteiger partial charge in [-0.25, -0.2) is 0 Å². The Morgan fingerprint density at radius 2 is 1.27 bits per heavy atom. The van der Waals surface area contributed by atoms with Crippen LogP contribution in [0.3, 0.4) is 0 Å². The first-order chi connectivity index (χ1) is 21.9. The van der Waals surface area contributed by atoms with E-state index < -0.39 is 11.7 Å². The van der Waals surface area contributed by atoms with Crippen molar-refractivity contribution in [2.45, 2.75) is 49.1 Å². The lowest BCUT2D eigenvalue weighted by Gasteiger charge is -2.45. The van der Waals surface area contributed by atoms with Crippen LogP contribution >= 0.6 is 11.8 Å². The van der Waals surface area contributed by atoms with E-state index in [0.29, 0.717) is 5.92 Å². The Labute approximate surface area is 267 Å². The first-order valence-electron chi connectivity index (χ1n) is 15.7. The van der Waals surface area contributed by atoms with Gasteiger partial charge in [0.15, 0.2) is 0 Å². The molecular formula is C38H32BF3N2S. The average molecular weight is 617 g/mol. The summed E-state index contributed by atoms with van der Waals surface area (Å²) in [6.45, 7) is -0.0110. The number of hydrogen-bond donors (Lipinski definition) is 0.